The third-order valence-electron chi connectivity index (χ3n) is 7.70. The zero-order valence-electron chi connectivity index (χ0n) is 18.8. The Kier molecular flexibility index (Phi) is 6.89. The van der Waals surface area contributed by atoms with Crippen molar-refractivity contribution in [3.05, 3.63) is 12.3 Å². The Hall–Kier alpha value is -0.980. The molecule has 35 heavy (non-hydrogen) atoms. The molecule has 8 N–H and O–H groups in total. The van der Waals surface area contributed by atoms with Crippen molar-refractivity contribution in [1.29, 1.82) is 0 Å². The van der Waals surface area contributed by atoms with Crippen molar-refractivity contribution >= 4 is 0 Å². The molecule has 0 aromatic carbocycles. The molecular weight excluding hydrogens is 476 g/mol. The molecule has 0 unspecified atom stereocenters. The molecule has 14 heteroatoms. The zero-order chi connectivity index (χ0) is 25.2. The fourth-order valence-corrected chi connectivity index (χ4v) is 5.59. The maximum atomic E-state index is 10.4. The molecule has 3 saturated heterocycles. The van der Waals surface area contributed by atoms with Crippen LogP contribution in [0, 0.1) is 11.8 Å². The fourth-order valence-electron chi connectivity index (χ4n) is 5.59. The van der Waals surface area contributed by atoms with Gasteiger partial charge in [-0.05, 0) is 13.0 Å². The third-order valence-corrected chi connectivity index (χ3v) is 7.70. The SMILES string of the molecule is C[C@@H]1O[C@@H](O[C@H]2[C@@H]3C=CO[C@@H](O[C@@H]4O[C@H](CO)[C@@H](O)[C@H](O)[C@H]4O)[C@@H]3[C@@]3(CO)O[C@@H]23)[C@H](O)[C@H](O)[C@H]1O. The van der Waals surface area contributed by atoms with Gasteiger partial charge in [0.1, 0.15) is 54.4 Å². The molecule has 14 nitrogen and oxygen atoms in total. The number of aliphatic hydroxyl groups is 8. The van der Waals surface area contributed by atoms with Gasteiger partial charge in [0.25, 0.3) is 0 Å². The largest absolute Gasteiger partial charge is 0.472 e. The van der Waals surface area contributed by atoms with E-state index >= 15 is 0 Å². The van der Waals surface area contributed by atoms with Crippen molar-refractivity contribution in [2.75, 3.05) is 13.2 Å². The molecule has 4 aliphatic heterocycles. The Labute approximate surface area is 199 Å². The minimum atomic E-state index is -1.66. The van der Waals surface area contributed by atoms with Gasteiger partial charge in [-0.25, -0.2) is 0 Å². The molecule has 4 heterocycles. The predicted octanol–water partition coefficient (Wildman–Crippen LogP) is -4.74. The lowest BCUT2D eigenvalue weighted by atomic mass is 9.85. The molecule has 16 atom stereocenters. The van der Waals surface area contributed by atoms with Crippen LogP contribution in [0.4, 0.5) is 0 Å². The quantitative estimate of drug-likeness (QED) is 0.158. The van der Waals surface area contributed by atoms with Crippen LogP contribution in [-0.4, -0.2) is 140 Å². The van der Waals surface area contributed by atoms with Gasteiger partial charge >= 0.3 is 0 Å². The maximum Gasteiger partial charge on any atom is 0.208 e. The highest BCUT2D eigenvalue weighted by molar-refractivity contribution is 5.25. The van der Waals surface area contributed by atoms with E-state index in [1.54, 1.807) is 6.08 Å². The molecule has 4 fully saturated rings. The predicted molar refractivity (Wildman–Crippen MR) is 108 cm³/mol. The first-order chi connectivity index (χ1) is 16.6. The van der Waals surface area contributed by atoms with E-state index < -0.39 is 111 Å². The monoisotopic (exact) mass is 508 g/mol. The van der Waals surface area contributed by atoms with Crippen LogP contribution in [0.3, 0.4) is 0 Å². The Morgan fingerprint density at radius 2 is 1.46 bits per heavy atom. The van der Waals surface area contributed by atoms with Crippen molar-refractivity contribution in [2.45, 2.75) is 92.4 Å². The highest BCUT2D eigenvalue weighted by atomic mass is 16.8. The van der Waals surface area contributed by atoms with Crippen LogP contribution < -0.4 is 0 Å². The van der Waals surface area contributed by atoms with Crippen molar-refractivity contribution in [1.82, 2.24) is 0 Å². The Morgan fingerprint density at radius 1 is 0.800 bits per heavy atom. The molecule has 0 amide bonds. The topological polar surface area (TPSA) is 221 Å². The van der Waals surface area contributed by atoms with Crippen LogP contribution in [-0.2, 0) is 28.4 Å². The first kappa shape index (κ1) is 25.7. The lowest BCUT2D eigenvalue weighted by Gasteiger charge is -2.44. The van der Waals surface area contributed by atoms with Gasteiger partial charge in [0.05, 0.1) is 37.6 Å². The summed E-state index contributed by atoms with van der Waals surface area (Å²) in [6, 6.07) is 0. The van der Waals surface area contributed by atoms with Crippen LogP contribution in [0.5, 0.6) is 0 Å². The summed E-state index contributed by atoms with van der Waals surface area (Å²) in [4.78, 5) is 0. The summed E-state index contributed by atoms with van der Waals surface area (Å²) in [5.41, 5.74) is -1.15. The molecule has 5 rings (SSSR count). The molecule has 0 radical (unpaired) electrons. The van der Waals surface area contributed by atoms with Gasteiger partial charge < -0.3 is 69.3 Å². The fraction of sp³-hybridized carbons (Fsp3) is 0.905. The van der Waals surface area contributed by atoms with Gasteiger partial charge in [0.2, 0.25) is 6.29 Å². The van der Waals surface area contributed by atoms with Crippen molar-refractivity contribution in [2.24, 2.45) is 11.8 Å². The van der Waals surface area contributed by atoms with Crippen LogP contribution in [0.1, 0.15) is 6.92 Å². The van der Waals surface area contributed by atoms with Crippen LogP contribution >= 0.6 is 0 Å². The summed E-state index contributed by atoms with van der Waals surface area (Å²) in [6.07, 6.45) is -13.5. The van der Waals surface area contributed by atoms with Gasteiger partial charge in [-0.15, -0.1) is 0 Å². The standard InChI is InChI=1S/C21H32O14/c1-6-10(24)12(26)14(28)19(31-6)33-16-7-2-3-30-18(9(7)21(5-23)17(16)35-21)34-20-15(29)13(27)11(25)8(4-22)32-20/h2-3,6-20,22-29H,4-5H2,1H3/t6-,7+,8+,9+,10-,11+,12+,13-,14+,15+,16-,17-,18-,19-,20-,21+/m0/s1. The van der Waals surface area contributed by atoms with Crippen molar-refractivity contribution < 1.29 is 69.3 Å². The van der Waals surface area contributed by atoms with E-state index in [-0.39, 0.29) is 0 Å². The molecular formula is C21H32O14. The molecule has 1 saturated carbocycles. The van der Waals surface area contributed by atoms with Crippen LogP contribution in [0.15, 0.2) is 12.3 Å². The van der Waals surface area contributed by atoms with Gasteiger partial charge in [-0.3, -0.25) is 0 Å². The van der Waals surface area contributed by atoms with E-state index in [4.69, 9.17) is 28.4 Å². The molecule has 1 aliphatic carbocycles. The van der Waals surface area contributed by atoms with E-state index in [0.29, 0.717) is 0 Å². The molecule has 0 spiro atoms. The Bertz CT molecular complexity index is 796. The lowest BCUT2D eigenvalue weighted by molar-refractivity contribution is -0.347. The van der Waals surface area contributed by atoms with E-state index in [2.05, 4.69) is 0 Å². The number of ether oxygens (including phenoxy) is 6. The first-order valence-electron chi connectivity index (χ1n) is 11.6. The van der Waals surface area contributed by atoms with Gasteiger partial charge in [0, 0.05) is 5.92 Å². The summed E-state index contributed by atoms with van der Waals surface area (Å²) in [5, 5.41) is 80.4. The summed E-state index contributed by atoms with van der Waals surface area (Å²) in [5.74, 6) is -1.17. The third kappa shape index (κ3) is 4.01. The summed E-state index contributed by atoms with van der Waals surface area (Å²) < 4.78 is 34.2. The summed E-state index contributed by atoms with van der Waals surface area (Å²) in [7, 11) is 0. The lowest BCUT2D eigenvalue weighted by Crippen LogP contribution is -2.60. The van der Waals surface area contributed by atoms with Gasteiger partial charge in [-0.2, -0.15) is 0 Å². The van der Waals surface area contributed by atoms with E-state index in [1.807, 2.05) is 0 Å². The molecule has 0 aromatic heterocycles. The second kappa shape index (κ2) is 9.40. The highest BCUT2D eigenvalue weighted by Crippen LogP contribution is 2.61. The summed E-state index contributed by atoms with van der Waals surface area (Å²) >= 11 is 0. The summed E-state index contributed by atoms with van der Waals surface area (Å²) in [6.45, 7) is 0.459. The maximum absolute atomic E-state index is 10.4. The molecule has 200 valence electrons. The van der Waals surface area contributed by atoms with Gasteiger partial charge in [0.15, 0.2) is 12.6 Å². The second-order valence-electron chi connectivity index (χ2n) is 9.70. The van der Waals surface area contributed by atoms with Gasteiger partial charge in [-0.1, -0.05) is 0 Å². The first-order valence-corrected chi connectivity index (χ1v) is 11.6. The minimum absolute atomic E-state index is 0.434. The molecule has 5 aliphatic rings. The smallest absolute Gasteiger partial charge is 0.208 e. The van der Waals surface area contributed by atoms with Crippen LogP contribution in [0.25, 0.3) is 0 Å². The van der Waals surface area contributed by atoms with Crippen molar-refractivity contribution in [3.8, 4) is 0 Å². The number of epoxide rings is 1. The Balaban J connectivity index is 1.34. The normalized spacial score (nSPS) is 57.3. The number of aliphatic hydroxyl groups excluding tert-OH is 8. The van der Waals surface area contributed by atoms with E-state index in [0.717, 1.165) is 0 Å². The number of rotatable bonds is 6. The van der Waals surface area contributed by atoms with Crippen LogP contribution in [0.2, 0.25) is 0 Å². The number of fused-ring (bicyclic) bond motifs is 3. The van der Waals surface area contributed by atoms with Crippen molar-refractivity contribution in [3.63, 3.8) is 0 Å². The molecule has 0 aromatic rings. The zero-order valence-corrected chi connectivity index (χ0v) is 18.8. The number of hydrogen-bond donors (Lipinski definition) is 8. The minimum Gasteiger partial charge on any atom is -0.472 e. The Morgan fingerprint density at radius 3 is 2.11 bits per heavy atom. The highest BCUT2D eigenvalue weighted by Gasteiger charge is 2.77. The van der Waals surface area contributed by atoms with E-state index in [1.165, 1.54) is 13.2 Å². The second-order valence-corrected chi connectivity index (χ2v) is 9.70. The number of hydrogen-bond acceptors (Lipinski definition) is 14. The van der Waals surface area contributed by atoms with E-state index in [9.17, 15) is 40.9 Å². The molecule has 0 bridgehead atoms. The average molecular weight is 508 g/mol. The average Bonchev–Trinajstić information content (AvgIpc) is 3.53.